The van der Waals surface area contributed by atoms with E-state index in [0.29, 0.717) is 21.7 Å². The van der Waals surface area contributed by atoms with E-state index >= 15 is 0 Å². The molecule has 0 radical (unpaired) electrons. The highest BCUT2D eigenvalue weighted by Crippen LogP contribution is 2.23. The van der Waals surface area contributed by atoms with Gasteiger partial charge in [0, 0.05) is 11.1 Å². The van der Waals surface area contributed by atoms with Crippen LogP contribution in [0.25, 0.3) is 11.0 Å². The van der Waals surface area contributed by atoms with Crippen LogP contribution in [-0.4, -0.2) is 30.9 Å². The van der Waals surface area contributed by atoms with Crippen LogP contribution in [0.3, 0.4) is 0 Å². The zero-order valence-electron chi connectivity index (χ0n) is 13.8. The first-order valence-electron chi connectivity index (χ1n) is 7.54. The summed E-state index contributed by atoms with van der Waals surface area (Å²) < 4.78 is 1.87. The molecule has 0 atom stereocenters. The molecule has 0 bridgehead atoms. The van der Waals surface area contributed by atoms with Crippen molar-refractivity contribution in [2.24, 2.45) is 0 Å². The molecule has 7 nitrogen and oxygen atoms in total. The SMILES string of the molecule is Cc1nn(C(C)C)c(C)c1NC(=O)c1nnc2ccc(Cl)cc2n1. The highest BCUT2D eigenvalue weighted by Gasteiger charge is 2.18. The monoisotopic (exact) mass is 344 g/mol. The van der Waals surface area contributed by atoms with Crippen molar-refractivity contribution in [3.63, 3.8) is 0 Å². The normalized spacial score (nSPS) is 11.2. The van der Waals surface area contributed by atoms with Crippen molar-refractivity contribution in [3.8, 4) is 0 Å². The first-order valence-corrected chi connectivity index (χ1v) is 7.91. The molecule has 2 aromatic heterocycles. The van der Waals surface area contributed by atoms with Crippen LogP contribution in [0.4, 0.5) is 5.69 Å². The van der Waals surface area contributed by atoms with E-state index in [9.17, 15) is 4.79 Å². The fourth-order valence-corrected chi connectivity index (χ4v) is 2.69. The first kappa shape index (κ1) is 16.3. The highest BCUT2D eigenvalue weighted by atomic mass is 35.5. The average molecular weight is 345 g/mol. The van der Waals surface area contributed by atoms with Gasteiger partial charge in [-0.05, 0) is 45.9 Å². The van der Waals surface area contributed by atoms with Gasteiger partial charge in [0.25, 0.3) is 5.91 Å². The van der Waals surface area contributed by atoms with Gasteiger partial charge in [-0.15, -0.1) is 10.2 Å². The number of anilines is 1. The van der Waals surface area contributed by atoms with Crippen molar-refractivity contribution in [1.82, 2.24) is 25.0 Å². The number of fused-ring (bicyclic) bond motifs is 1. The highest BCUT2D eigenvalue weighted by molar-refractivity contribution is 6.31. The standard InChI is InChI=1S/C16H17ClN6O/c1-8(2)23-10(4)14(9(3)22-23)19-16(24)15-18-13-7-11(17)5-6-12(13)20-21-15/h5-8H,1-4H3,(H,19,24). The van der Waals surface area contributed by atoms with Crippen molar-refractivity contribution in [2.75, 3.05) is 5.32 Å². The lowest BCUT2D eigenvalue weighted by molar-refractivity contribution is 0.101. The molecule has 0 unspecified atom stereocenters. The maximum atomic E-state index is 12.5. The van der Waals surface area contributed by atoms with Gasteiger partial charge in [-0.1, -0.05) is 11.6 Å². The van der Waals surface area contributed by atoms with E-state index in [0.717, 1.165) is 11.4 Å². The van der Waals surface area contributed by atoms with Crippen LogP contribution in [0.5, 0.6) is 0 Å². The zero-order valence-corrected chi connectivity index (χ0v) is 14.6. The molecule has 1 amide bonds. The molecular formula is C16H17ClN6O. The third-order valence-electron chi connectivity index (χ3n) is 3.67. The fourth-order valence-electron chi connectivity index (χ4n) is 2.52. The van der Waals surface area contributed by atoms with E-state index in [1.165, 1.54) is 0 Å². The van der Waals surface area contributed by atoms with E-state index in [2.05, 4.69) is 25.6 Å². The molecule has 0 spiro atoms. The minimum Gasteiger partial charge on any atom is -0.316 e. The second-order valence-corrected chi connectivity index (χ2v) is 6.24. The zero-order chi connectivity index (χ0) is 17.4. The third kappa shape index (κ3) is 2.94. The van der Waals surface area contributed by atoms with Gasteiger partial charge in [-0.2, -0.15) is 5.10 Å². The van der Waals surface area contributed by atoms with E-state index in [4.69, 9.17) is 11.6 Å². The minimum atomic E-state index is -0.432. The number of hydrogen-bond donors (Lipinski definition) is 1. The molecule has 1 N–H and O–H groups in total. The summed E-state index contributed by atoms with van der Waals surface area (Å²) in [6.45, 7) is 7.83. The molecule has 0 aliphatic rings. The molecular weight excluding hydrogens is 328 g/mol. The Morgan fingerprint density at radius 2 is 1.96 bits per heavy atom. The summed E-state index contributed by atoms with van der Waals surface area (Å²) in [6.07, 6.45) is 0. The maximum Gasteiger partial charge on any atom is 0.295 e. The largest absolute Gasteiger partial charge is 0.316 e. The molecule has 8 heteroatoms. The van der Waals surface area contributed by atoms with Crippen molar-refractivity contribution >= 4 is 34.2 Å². The summed E-state index contributed by atoms with van der Waals surface area (Å²) in [5.41, 5.74) is 3.40. The molecule has 0 fully saturated rings. The number of carbonyl (C=O) groups is 1. The molecule has 1 aromatic carbocycles. The number of aryl methyl sites for hydroxylation is 1. The van der Waals surface area contributed by atoms with Crippen LogP contribution < -0.4 is 5.32 Å². The van der Waals surface area contributed by atoms with Gasteiger partial charge in [0.2, 0.25) is 5.82 Å². The average Bonchev–Trinajstić information content (AvgIpc) is 2.82. The van der Waals surface area contributed by atoms with Crippen LogP contribution >= 0.6 is 11.6 Å². The van der Waals surface area contributed by atoms with E-state index in [1.54, 1.807) is 18.2 Å². The second-order valence-electron chi connectivity index (χ2n) is 5.81. The molecule has 2 heterocycles. The number of nitrogens with one attached hydrogen (secondary N) is 1. The predicted octanol–water partition coefficient (Wildman–Crippen LogP) is 3.32. The van der Waals surface area contributed by atoms with Gasteiger partial charge >= 0.3 is 0 Å². The molecule has 0 aliphatic carbocycles. The van der Waals surface area contributed by atoms with Gasteiger partial charge in [0.15, 0.2) is 0 Å². The predicted molar refractivity (Wildman–Crippen MR) is 92.4 cm³/mol. The summed E-state index contributed by atoms with van der Waals surface area (Å²) >= 11 is 5.95. The van der Waals surface area contributed by atoms with E-state index in [-0.39, 0.29) is 11.9 Å². The molecule has 124 valence electrons. The first-order chi connectivity index (χ1) is 11.4. The lowest BCUT2D eigenvalue weighted by atomic mass is 10.3. The van der Waals surface area contributed by atoms with Crippen LogP contribution in [-0.2, 0) is 0 Å². The summed E-state index contributed by atoms with van der Waals surface area (Å²) in [5.74, 6) is -0.445. The molecule has 0 aliphatic heterocycles. The second kappa shape index (κ2) is 6.16. The number of benzene rings is 1. The quantitative estimate of drug-likeness (QED) is 0.787. The number of aromatic nitrogens is 5. The van der Waals surface area contributed by atoms with Crippen LogP contribution in [0.15, 0.2) is 18.2 Å². The summed E-state index contributed by atoms with van der Waals surface area (Å²) in [4.78, 5) is 16.7. The lowest BCUT2D eigenvalue weighted by Gasteiger charge is -2.09. The third-order valence-corrected chi connectivity index (χ3v) is 3.91. The smallest absolute Gasteiger partial charge is 0.295 e. The summed E-state index contributed by atoms with van der Waals surface area (Å²) in [5, 5.41) is 15.7. The number of rotatable bonds is 3. The number of amides is 1. The Hall–Kier alpha value is -2.54. The Bertz CT molecular complexity index is 934. The fraction of sp³-hybridized carbons (Fsp3) is 0.312. The van der Waals surface area contributed by atoms with Crippen LogP contribution in [0.2, 0.25) is 5.02 Å². The van der Waals surface area contributed by atoms with E-state index in [1.807, 2.05) is 32.4 Å². The van der Waals surface area contributed by atoms with Gasteiger partial charge in [0.1, 0.15) is 5.52 Å². The lowest BCUT2D eigenvalue weighted by Crippen LogP contribution is -2.17. The Kier molecular flexibility index (Phi) is 4.19. The van der Waals surface area contributed by atoms with Gasteiger partial charge in [-0.3, -0.25) is 9.48 Å². The Balaban J connectivity index is 1.93. The minimum absolute atomic E-state index is 0.0131. The number of halogens is 1. The summed E-state index contributed by atoms with van der Waals surface area (Å²) in [7, 11) is 0. The Morgan fingerprint density at radius 3 is 2.62 bits per heavy atom. The van der Waals surface area contributed by atoms with Gasteiger partial charge in [0.05, 0.1) is 22.6 Å². The van der Waals surface area contributed by atoms with Crippen molar-refractivity contribution in [2.45, 2.75) is 33.7 Å². The molecule has 0 saturated carbocycles. The molecule has 3 aromatic rings. The molecule has 24 heavy (non-hydrogen) atoms. The van der Waals surface area contributed by atoms with Crippen LogP contribution in [0.1, 0.15) is 41.9 Å². The molecule has 3 rings (SSSR count). The topological polar surface area (TPSA) is 85.6 Å². The number of nitrogens with zero attached hydrogens (tertiary/aromatic N) is 5. The van der Waals surface area contributed by atoms with Gasteiger partial charge in [-0.25, -0.2) is 4.98 Å². The van der Waals surface area contributed by atoms with Crippen molar-refractivity contribution in [3.05, 3.63) is 40.4 Å². The number of hydrogen-bond acceptors (Lipinski definition) is 5. The number of carbonyl (C=O) groups excluding carboxylic acids is 1. The van der Waals surface area contributed by atoms with Gasteiger partial charge < -0.3 is 5.32 Å². The summed E-state index contributed by atoms with van der Waals surface area (Å²) in [6, 6.07) is 5.26. The van der Waals surface area contributed by atoms with E-state index < -0.39 is 5.91 Å². The Labute approximate surface area is 144 Å². The van der Waals surface area contributed by atoms with Crippen molar-refractivity contribution < 1.29 is 4.79 Å². The maximum absolute atomic E-state index is 12.5. The van der Waals surface area contributed by atoms with Crippen LogP contribution in [0, 0.1) is 13.8 Å². The molecule has 0 saturated heterocycles. The Morgan fingerprint density at radius 1 is 1.21 bits per heavy atom. The van der Waals surface area contributed by atoms with Crippen molar-refractivity contribution in [1.29, 1.82) is 0 Å².